The molecule has 0 bridgehead atoms. The van der Waals surface area contributed by atoms with Crippen LogP contribution in [-0.2, 0) is 4.74 Å². The van der Waals surface area contributed by atoms with E-state index in [1.54, 1.807) is 6.92 Å². The molecule has 3 rings (SSSR count). The van der Waals surface area contributed by atoms with Crippen molar-refractivity contribution in [2.24, 2.45) is 10.8 Å². The largest absolute Gasteiger partial charge is 0.396 e. The zero-order chi connectivity index (χ0) is 18.5. The molecule has 2 unspecified atom stereocenters. The summed E-state index contributed by atoms with van der Waals surface area (Å²) in [7, 11) is 0. The number of aliphatic hydroxyl groups excluding tert-OH is 4. The molecule has 3 aliphatic rings. The highest BCUT2D eigenvalue weighted by atomic mass is 16.5. The first-order valence-corrected chi connectivity index (χ1v) is 10.1. The van der Waals surface area contributed by atoms with E-state index in [-0.39, 0.29) is 24.2 Å². The van der Waals surface area contributed by atoms with E-state index in [4.69, 9.17) is 4.74 Å². The summed E-state index contributed by atoms with van der Waals surface area (Å²) in [6.45, 7) is 4.33. The van der Waals surface area contributed by atoms with Crippen LogP contribution in [0.1, 0.15) is 78.1 Å². The topological polar surface area (TPSA) is 90.2 Å². The molecule has 1 saturated heterocycles. The summed E-state index contributed by atoms with van der Waals surface area (Å²) in [6, 6.07) is 0. The molecule has 0 aromatic rings. The first-order valence-electron chi connectivity index (χ1n) is 10.1. The Bertz CT molecular complexity index is 380. The maximum atomic E-state index is 9.95. The number of hydrogen-bond donors (Lipinski definition) is 4. The van der Waals surface area contributed by atoms with Gasteiger partial charge in [0.2, 0.25) is 0 Å². The van der Waals surface area contributed by atoms with Gasteiger partial charge in [-0.2, -0.15) is 0 Å². The zero-order valence-corrected chi connectivity index (χ0v) is 16.0. The Morgan fingerprint density at radius 2 is 1.48 bits per heavy atom. The monoisotopic (exact) mass is 358 g/mol. The van der Waals surface area contributed by atoms with Crippen LogP contribution in [0, 0.1) is 10.8 Å². The molecule has 0 aromatic heterocycles. The number of aliphatic hydroxyl groups is 4. The van der Waals surface area contributed by atoms with Crippen LogP contribution >= 0.6 is 0 Å². The van der Waals surface area contributed by atoms with Crippen LogP contribution in [0.25, 0.3) is 0 Å². The second kappa shape index (κ2) is 9.14. The molecule has 25 heavy (non-hydrogen) atoms. The lowest BCUT2D eigenvalue weighted by atomic mass is 9.69. The molecule has 4 atom stereocenters. The predicted octanol–water partition coefficient (Wildman–Crippen LogP) is 2.39. The molecule has 4 N–H and O–H groups in total. The molecule has 3 fully saturated rings. The van der Waals surface area contributed by atoms with Crippen molar-refractivity contribution in [1.82, 2.24) is 0 Å². The minimum absolute atomic E-state index is 0.0148. The van der Waals surface area contributed by atoms with Crippen LogP contribution in [0.2, 0.25) is 0 Å². The normalized spacial score (nSPS) is 33.4. The van der Waals surface area contributed by atoms with Crippen LogP contribution in [0.3, 0.4) is 0 Å². The summed E-state index contributed by atoms with van der Waals surface area (Å²) < 4.78 is 5.51. The molecule has 1 spiro atoms. The summed E-state index contributed by atoms with van der Waals surface area (Å²) in [5, 5.41) is 38.3. The summed E-state index contributed by atoms with van der Waals surface area (Å²) in [4.78, 5) is 0. The highest BCUT2D eigenvalue weighted by molar-refractivity contribution is 4.96. The minimum atomic E-state index is -0.780. The van der Waals surface area contributed by atoms with Gasteiger partial charge in [-0.25, -0.2) is 0 Å². The molecule has 2 saturated carbocycles. The Kier molecular flexibility index (Phi) is 7.71. The van der Waals surface area contributed by atoms with Gasteiger partial charge in [0.1, 0.15) is 0 Å². The van der Waals surface area contributed by atoms with E-state index in [0.717, 1.165) is 32.3 Å². The maximum Gasteiger partial charge on any atom is 0.0877 e. The molecule has 2 aliphatic carbocycles. The quantitative estimate of drug-likeness (QED) is 0.622. The van der Waals surface area contributed by atoms with Gasteiger partial charge >= 0.3 is 0 Å². The Morgan fingerprint density at radius 1 is 0.960 bits per heavy atom. The van der Waals surface area contributed by atoms with Crippen LogP contribution in [0.15, 0.2) is 0 Å². The zero-order valence-electron chi connectivity index (χ0n) is 16.0. The highest BCUT2D eigenvalue weighted by Gasteiger charge is 2.47. The van der Waals surface area contributed by atoms with Gasteiger partial charge < -0.3 is 25.2 Å². The summed E-state index contributed by atoms with van der Waals surface area (Å²) in [5.74, 6) is 0. The van der Waals surface area contributed by atoms with Crippen molar-refractivity contribution >= 4 is 0 Å². The van der Waals surface area contributed by atoms with Gasteiger partial charge in [-0.15, -0.1) is 0 Å². The second-order valence-corrected chi connectivity index (χ2v) is 8.65. The lowest BCUT2D eigenvalue weighted by molar-refractivity contribution is -0.0969. The minimum Gasteiger partial charge on any atom is -0.396 e. The van der Waals surface area contributed by atoms with Crippen LogP contribution in [0.5, 0.6) is 0 Å². The molecule has 0 amide bonds. The van der Waals surface area contributed by atoms with Crippen molar-refractivity contribution < 1.29 is 25.2 Å². The first kappa shape index (κ1) is 21.1. The fraction of sp³-hybridized carbons (Fsp3) is 1.00. The van der Waals surface area contributed by atoms with E-state index in [9.17, 15) is 20.4 Å². The third kappa shape index (κ3) is 4.75. The average Bonchev–Trinajstić information content (AvgIpc) is 2.91. The van der Waals surface area contributed by atoms with Crippen molar-refractivity contribution in [3.05, 3.63) is 0 Å². The fourth-order valence-corrected chi connectivity index (χ4v) is 4.98. The second-order valence-electron chi connectivity index (χ2n) is 8.65. The number of rotatable bonds is 3. The van der Waals surface area contributed by atoms with E-state index >= 15 is 0 Å². The van der Waals surface area contributed by atoms with E-state index in [2.05, 4.69) is 0 Å². The van der Waals surface area contributed by atoms with Gasteiger partial charge in [0, 0.05) is 10.8 Å². The maximum absolute atomic E-state index is 9.95. The summed E-state index contributed by atoms with van der Waals surface area (Å²) >= 11 is 0. The van der Waals surface area contributed by atoms with Crippen molar-refractivity contribution in [3.8, 4) is 0 Å². The molecule has 148 valence electrons. The third-order valence-electron chi connectivity index (χ3n) is 6.80. The Labute approximate surface area is 152 Å². The van der Waals surface area contributed by atoms with Crippen LogP contribution in [0.4, 0.5) is 0 Å². The molecular formula is C20H38O5. The standard InChI is InChI=1S/C10H20O3.C10H18O2/c1-8(12)9(13)10(7-11)5-3-2-4-6-10;1-8-9(11)10(7-12-8)5-3-2-4-6-10/h8-9,11-13H,2-7H2,1H3;8-9,11H,2-7H2,1H3/t2*8-,9?/m00/s1. The van der Waals surface area contributed by atoms with Gasteiger partial charge in [0.15, 0.2) is 0 Å². The Morgan fingerprint density at radius 3 is 1.88 bits per heavy atom. The summed E-state index contributed by atoms with van der Waals surface area (Å²) in [5.41, 5.74) is -0.302. The van der Waals surface area contributed by atoms with Crippen LogP contribution < -0.4 is 0 Å². The molecule has 5 heteroatoms. The van der Waals surface area contributed by atoms with Gasteiger partial charge in [-0.1, -0.05) is 38.5 Å². The number of hydrogen-bond acceptors (Lipinski definition) is 5. The van der Waals surface area contributed by atoms with Crippen molar-refractivity contribution in [1.29, 1.82) is 0 Å². The first-order chi connectivity index (χ1) is 11.9. The number of ether oxygens (including phenoxy) is 1. The highest BCUT2D eigenvalue weighted by Crippen LogP contribution is 2.45. The lowest BCUT2D eigenvalue weighted by Crippen LogP contribution is -2.46. The van der Waals surface area contributed by atoms with Crippen molar-refractivity contribution in [2.75, 3.05) is 13.2 Å². The smallest absolute Gasteiger partial charge is 0.0877 e. The van der Waals surface area contributed by atoms with Gasteiger partial charge in [0.25, 0.3) is 0 Å². The third-order valence-corrected chi connectivity index (χ3v) is 6.80. The van der Waals surface area contributed by atoms with E-state index in [1.807, 2.05) is 6.92 Å². The lowest BCUT2D eigenvalue weighted by Gasteiger charge is -2.40. The molecular weight excluding hydrogens is 320 g/mol. The molecule has 0 radical (unpaired) electrons. The molecule has 0 aromatic carbocycles. The SMILES string of the molecule is C[C@@H]1OCC2(CCCCC2)C1O.C[C@H](O)C(O)C1(CO)CCCCC1. The van der Waals surface area contributed by atoms with Gasteiger partial charge in [0.05, 0.1) is 37.6 Å². The van der Waals surface area contributed by atoms with E-state index < -0.39 is 17.6 Å². The van der Waals surface area contributed by atoms with Gasteiger partial charge in [-0.05, 0) is 39.5 Å². The molecule has 1 heterocycles. The van der Waals surface area contributed by atoms with Crippen molar-refractivity contribution in [3.63, 3.8) is 0 Å². The van der Waals surface area contributed by atoms with Crippen molar-refractivity contribution in [2.45, 2.75) is 102 Å². The van der Waals surface area contributed by atoms with E-state index in [1.165, 1.54) is 38.5 Å². The molecule has 5 nitrogen and oxygen atoms in total. The molecule has 1 aliphatic heterocycles. The average molecular weight is 359 g/mol. The Balaban J connectivity index is 0.000000181. The fourth-order valence-electron chi connectivity index (χ4n) is 4.98. The van der Waals surface area contributed by atoms with Gasteiger partial charge in [-0.3, -0.25) is 0 Å². The Hall–Kier alpha value is -0.200. The summed E-state index contributed by atoms with van der Waals surface area (Å²) in [6.07, 6.45) is 9.46. The predicted molar refractivity (Wildman–Crippen MR) is 97.2 cm³/mol. The van der Waals surface area contributed by atoms with Crippen LogP contribution in [-0.4, -0.2) is 58.1 Å². The van der Waals surface area contributed by atoms with E-state index in [0.29, 0.717) is 0 Å².